The third-order valence-electron chi connectivity index (χ3n) is 2.77. The lowest BCUT2D eigenvalue weighted by molar-refractivity contribution is 0.414. The van der Waals surface area contributed by atoms with E-state index in [1.54, 1.807) is 13.3 Å². The largest absolute Gasteiger partial charge is 0.493 e. The summed E-state index contributed by atoms with van der Waals surface area (Å²) in [5, 5.41) is 3.31. The molecule has 2 rings (SSSR count). The second-order valence-corrected chi connectivity index (χ2v) is 4.07. The van der Waals surface area contributed by atoms with Crippen molar-refractivity contribution in [3.63, 3.8) is 0 Å². The van der Waals surface area contributed by atoms with Crippen molar-refractivity contribution < 1.29 is 4.74 Å². The summed E-state index contributed by atoms with van der Waals surface area (Å²) >= 11 is 0. The van der Waals surface area contributed by atoms with Gasteiger partial charge in [0.2, 0.25) is 0 Å². The second kappa shape index (κ2) is 5.01. The SMILES string of the molecule is COc1cccnc1NCCCC1CC1. The van der Waals surface area contributed by atoms with Gasteiger partial charge in [-0.2, -0.15) is 0 Å². The summed E-state index contributed by atoms with van der Waals surface area (Å²) < 4.78 is 5.21. The van der Waals surface area contributed by atoms with Crippen LogP contribution in [0.2, 0.25) is 0 Å². The molecule has 0 saturated heterocycles. The van der Waals surface area contributed by atoms with E-state index in [-0.39, 0.29) is 0 Å². The van der Waals surface area contributed by atoms with Crippen molar-refractivity contribution in [3.05, 3.63) is 18.3 Å². The molecule has 0 bridgehead atoms. The predicted molar refractivity (Wildman–Crippen MR) is 61.2 cm³/mol. The maximum atomic E-state index is 5.21. The van der Waals surface area contributed by atoms with E-state index < -0.39 is 0 Å². The van der Waals surface area contributed by atoms with Gasteiger partial charge in [0.1, 0.15) is 0 Å². The fourth-order valence-electron chi connectivity index (χ4n) is 1.69. The molecule has 1 aliphatic carbocycles. The highest BCUT2D eigenvalue weighted by Gasteiger charge is 2.19. The maximum Gasteiger partial charge on any atom is 0.168 e. The van der Waals surface area contributed by atoms with E-state index in [4.69, 9.17) is 4.74 Å². The molecule has 0 unspecified atom stereocenters. The van der Waals surface area contributed by atoms with Crippen molar-refractivity contribution in [1.82, 2.24) is 4.98 Å². The summed E-state index contributed by atoms with van der Waals surface area (Å²) in [4.78, 5) is 4.25. The van der Waals surface area contributed by atoms with Gasteiger partial charge in [0.15, 0.2) is 11.6 Å². The van der Waals surface area contributed by atoms with Crippen LogP contribution in [0.3, 0.4) is 0 Å². The third-order valence-corrected chi connectivity index (χ3v) is 2.77. The highest BCUT2D eigenvalue weighted by Crippen LogP contribution is 2.33. The first-order valence-corrected chi connectivity index (χ1v) is 5.63. The van der Waals surface area contributed by atoms with Gasteiger partial charge in [0, 0.05) is 12.7 Å². The fraction of sp³-hybridized carbons (Fsp3) is 0.583. The molecule has 1 N–H and O–H groups in total. The van der Waals surface area contributed by atoms with Crippen molar-refractivity contribution >= 4 is 5.82 Å². The number of methoxy groups -OCH3 is 1. The van der Waals surface area contributed by atoms with Gasteiger partial charge in [0.25, 0.3) is 0 Å². The number of anilines is 1. The minimum Gasteiger partial charge on any atom is -0.493 e. The summed E-state index contributed by atoms with van der Waals surface area (Å²) in [5.41, 5.74) is 0. The molecule has 0 aromatic carbocycles. The normalized spacial score (nSPS) is 15.0. The molecule has 0 radical (unpaired) electrons. The Bertz CT molecular complexity index is 310. The van der Waals surface area contributed by atoms with Gasteiger partial charge >= 0.3 is 0 Å². The molecule has 0 aliphatic heterocycles. The van der Waals surface area contributed by atoms with Gasteiger partial charge in [-0.15, -0.1) is 0 Å². The molecule has 1 fully saturated rings. The molecule has 0 amide bonds. The van der Waals surface area contributed by atoms with Crippen LogP contribution in [0.15, 0.2) is 18.3 Å². The van der Waals surface area contributed by atoms with Gasteiger partial charge in [-0.1, -0.05) is 12.8 Å². The quantitative estimate of drug-likeness (QED) is 0.727. The Hall–Kier alpha value is -1.25. The lowest BCUT2D eigenvalue weighted by Gasteiger charge is -2.08. The summed E-state index contributed by atoms with van der Waals surface area (Å²) in [5.74, 6) is 2.69. The van der Waals surface area contributed by atoms with E-state index >= 15 is 0 Å². The molecule has 1 aliphatic rings. The van der Waals surface area contributed by atoms with E-state index in [0.29, 0.717) is 0 Å². The molecular weight excluding hydrogens is 188 g/mol. The highest BCUT2D eigenvalue weighted by atomic mass is 16.5. The number of nitrogens with one attached hydrogen (secondary N) is 1. The molecule has 0 atom stereocenters. The zero-order valence-electron chi connectivity index (χ0n) is 9.20. The number of aromatic nitrogens is 1. The monoisotopic (exact) mass is 206 g/mol. The maximum absolute atomic E-state index is 5.21. The summed E-state index contributed by atoms with van der Waals surface area (Å²) in [6, 6.07) is 3.81. The van der Waals surface area contributed by atoms with Gasteiger partial charge in [-0.25, -0.2) is 4.98 Å². The zero-order valence-corrected chi connectivity index (χ0v) is 9.20. The molecule has 1 aromatic rings. The fourth-order valence-corrected chi connectivity index (χ4v) is 1.69. The van der Waals surface area contributed by atoms with Crippen molar-refractivity contribution in [1.29, 1.82) is 0 Å². The topological polar surface area (TPSA) is 34.1 Å². The Labute approximate surface area is 90.9 Å². The Morgan fingerprint density at radius 2 is 2.40 bits per heavy atom. The van der Waals surface area contributed by atoms with Crippen LogP contribution in [0.25, 0.3) is 0 Å². The first kappa shape index (κ1) is 10.3. The van der Waals surface area contributed by atoms with Gasteiger partial charge in [0.05, 0.1) is 7.11 Å². The van der Waals surface area contributed by atoms with E-state index in [0.717, 1.165) is 24.0 Å². The highest BCUT2D eigenvalue weighted by molar-refractivity contribution is 5.49. The molecule has 0 spiro atoms. The van der Waals surface area contributed by atoms with E-state index in [9.17, 15) is 0 Å². The lowest BCUT2D eigenvalue weighted by atomic mass is 10.2. The standard InChI is InChI=1S/C12H18N2O/c1-15-11-5-3-9-14-12(11)13-8-2-4-10-6-7-10/h3,5,9-10H,2,4,6-8H2,1H3,(H,13,14). The van der Waals surface area contributed by atoms with Crippen LogP contribution >= 0.6 is 0 Å². The lowest BCUT2D eigenvalue weighted by Crippen LogP contribution is -2.05. The summed E-state index contributed by atoms with van der Waals surface area (Å²) in [6.07, 6.45) is 7.23. The molecule has 3 heteroatoms. The van der Waals surface area contributed by atoms with Crippen molar-refractivity contribution in [2.75, 3.05) is 19.0 Å². The van der Waals surface area contributed by atoms with Gasteiger partial charge in [-0.3, -0.25) is 0 Å². The summed E-state index contributed by atoms with van der Waals surface area (Å²) in [7, 11) is 1.67. The van der Waals surface area contributed by atoms with E-state index in [1.807, 2.05) is 12.1 Å². The summed E-state index contributed by atoms with van der Waals surface area (Å²) in [6.45, 7) is 0.990. The first-order chi connectivity index (χ1) is 7.40. The average Bonchev–Trinajstić information content (AvgIpc) is 3.09. The molecular formula is C12H18N2O. The molecule has 15 heavy (non-hydrogen) atoms. The van der Waals surface area contributed by atoms with Crippen LogP contribution in [-0.4, -0.2) is 18.6 Å². The smallest absolute Gasteiger partial charge is 0.168 e. The van der Waals surface area contributed by atoms with Gasteiger partial charge < -0.3 is 10.1 Å². The Morgan fingerprint density at radius 1 is 1.53 bits per heavy atom. The minimum absolute atomic E-state index is 0.823. The number of rotatable bonds is 6. The van der Waals surface area contributed by atoms with Crippen molar-refractivity contribution in [2.45, 2.75) is 25.7 Å². The number of nitrogens with zero attached hydrogens (tertiary/aromatic N) is 1. The molecule has 3 nitrogen and oxygen atoms in total. The number of pyridine rings is 1. The van der Waals surface area contributed by atoms with Crippen LogP contribution in [0.4, 0.5) is 5.82 Å². The van der Waals surface area contributed by atoms with Crippen LogP contribution < -0.4 is 10.1 Å². The van der Waals surface area contributed by atoms with E-state index in [1.165, 1.54) is 25.7 Å². The molecule has 82 valence electrons. The van der Waals surface area contributed by atoms with Crippen molar-refractivity contribution in [3.8, 4) is 5.75 Å². The van der Waals surface area contributed by atoms with Crippen LogP contribution in [-0.2, 0) is 0 Å². The zero-order chi connectivity index (χ0) is 10.5. The van der Waals surface area contributed by atoms with Gasteiger partial charge in [-0.05, 0) is 30.9 Å². The second-order valence-electron chi connectivity index (χ2n) is 4.07. The Balaban J connectivity index is 1.75. The molecule has 1 saturated carbocycles. The predicted octanol–water partition coefficient (Wildman–Crippen LogP) is 2.69. The minimum atomic E-state index is 0.823. The van der Waals surface area contributed by atoms with Crippen LogP contribution in [0.1, 0.15) is 25.7 Å². The third kappa shape index (κ3) is 3.11. The molecule has 1 aromatic heterocycles. The van der Waals surface area contributed by atoms with E-state index in [2.05, 4.69) is 10.3 Å². The average molecular weight is 206 g/mol. The first-order valence-electron chi connectivity index (χ1n) is 5.63. The van der Waals surface area contributed by atoms with Crippen molar-refractivity contribution in [2.24, 2.45) is 5.92 Å². The van der Waals surface area contributed by atoms with Crippen LogP contribution in [0, 0.1) is 5.92 Å². The number of ether oxygens (including phenoxy) is 1. The molecule has 1 heterocycles. The Kier molecular flexibility index (Phi) is 3.43. The van der Waals surface area contributed by atoms with Crippen LogP contribution in [0.5, 0.6) is 5.75 Å². The number of hydrogen-bond donors (Lipinski definition) is 1. The number of hydrogen-bond acceptors (Lipinski definition) is 3. The Morgan fingerprint density at radius 3 is 3.13 bits per heavy atom.